The number of fused-ring (bicyclic) bond motifs is 5. The van der Waals surface area contributed by atoms with Gasteiger partial charge in [-0.05, 0) is 80.5 Å². The van der Waals surface area contributed by atoms with Crippen LogP contribution in [0.4, 0.5) is 0 Å². The molecule has 2 heteroatoms. The summed E-state index contributed by atoms with van der Waals surface area (Å²) in [6, 6.07) is 0. The third-order valence-electron chi connectivity index (χ3n) is 8.03. The lowest BCUT2D eigenvalue weighted by atomic mass is 9.45. The number of carbonyl (C=O) groups is 1. The fourth-order valence-electron chi connectivity index (χ4n) is 6.62. The molecular weight excluding hydrogens is 260 g/mol. The van der Waals surface area contributed by atoms with Gasteiger partial charge in [-0.15, -0.1) is 0 Å². The van der Waals surface area contributed by atoms with E-state index in [9.17, 15) is 9.90 Å². The summed E-state index contributed by atoms with van der Waals surface area (Å²) in [5.74, 6) is 1.85. The standard InChI is InChI=1S/C19H30O2/c1-18-9-7-13(20)11-12(18)3-4-14-15-5-6-17(21)19(15,2)10-8-16(14)18/h12-16,20H,3-11H2,1-2H3/t12?,13-,14+,15+,16+,18+,19+/m1/s1/i6D2. The van der Waals surface area contributed by atoms with Gasteiger partial charge in [0, 0.05) is 14.5 Å². The number of ketones is 1. The van der Waals surface area contributed by atoms with E-state index in [1.807, 2.05) is 6.92 Å². The van der Waals surface area contributed by atoms with Crippen molar-refractivity contribution in [3.8, 4) is 0 Å². The maximum Gasteiger partial charge on any atom is 0.139 e. The molecule has 4 aliphatic rings. The Morgan fingerprint density at radius 1 is 1.10 bits per heavy atom. The largest absolute Gasteiger partial charge is 0.393 e. The Labute approximate surface area is 131 Å². The first-order valence-corrected chi connectivity index (χ1v) is 8.91. The van der Waals surface area contributed by atoms with Crippen LogP contribution in [-0.2, 0) is 4.79 Å². The molecule has 4 rings (SSSR count). The van der Waals surface area contributed by atoms with Crippen molar-refractivity contribution >= 4 is 5.78 Å². The highest BCUT2D eigenvalue weighted by molar-refractivity contribution is 5.87. The van der Waals surface area contributed by atoms with Gasteiger partial charge in [-0.3, -0.25) is 4.79 Å². The van der Waals surface area contributed by atoms with E-state index in [0.29, 0.717) is 29.6 Å². The summed E-state index contributed by atoms with van der Waals surface area (Å²) in [6.45, 7) is 4.47. The number of hydrogen-bond acceptors (Lipinski definition) is 2. The van der Waals surface area contributed by atoms with E-state index in [2.05, 4.69) is 6.92 Å². The summed E-state index contributed by atoms with van der Waals surface area (Å²) < 4.78 is 16.3. The molecule has 0 aliphatic heterocycles. The topological polar surface area (TPSA) is 37.3 Å². The number of Topliss-reactive ketones (excluding diaryl/α,β-unsaturated/α-hetero) is 1. The zero-order valence-electron chi connectivity index (χ0n) is 15.4. The Balaban J connectivity index is 1.66. The van der Waals surface area contributed by atoms with Crippen LogP contribution in [0.25, 0.3) is 0 Å². The third-order valence-corrected chi connectivity index (χ3v) is 8.03. The van der Waals surface area contributed by atoms with Crippen molar-refractivity contribution in [2.75, 3.05) is 0 Å². The summed E-state index contributed by atoms with van der Waals surface area (Å²) in [5, 5.41) is 10.1. The monoisotopic (exact) mass is 292 g/mol. The lowest BCUT2D eigenvalue weighted by molar-refractivity contribution is -0.142. The number of aliphatic hydroxyl groups is 1. The Bertz CT molecular complexity index is 533. The van der Waals surface area contributed by atoms with Crippen molar-refractivity contribution in [3.05, 3.63) is 0 Å². The normalized spacial score (nSPS) is 60.3. The minimum atomic E-state index is -1.62. The second-order valence-corrected chi connectivity index (χ2v) is 8.75. The summed E-state index contributed by atoms with van der Waals surface area (Å²) in [5.41, 5.74) is -0.135. The zero-order chi connectivity index (χ0) is 16.6. The van der Waals surface area contributed by atoms with Gasteiger partial charge in [-0.25, -0.2) is 0 Å². The first kappa shape index (κ1) is 12.1. The molecule has 0 spiro atoms. The Hall–Kier alpha value is -0.370. The lowest BCUT2D eigenvalue weighted by Crippen LogP contribution is -2.54. The van der Waals surface area contributed by atoms with Gasteiger partial charge in [0.1, 0.15) is 5.78 Å². The minimum absolute atomic E-state index is 0.124. The van der Waals surface area contributed by atoms with E-state index in [1.165, 1.54) is 0 Å². The Morgan fingerprint density at radius 3 is 2.71 bits per heavy atom. The molecule has 4 aliphatic carbocycles. The molecule has 1 unspecified atom stereocenters. The van der Waals surface area contributed by atoms with Crippen molar-refractivity contribution in [3.63, 3.8) is 0 Å². The number of aliphatic hydroxyl groups excluding tert-OH is 1. The average molecular weight is 292 g/mol. The molecule has 2 nitrogen and oxygen atoms in total. The summed E-state index contributed by atoms with van der Waals surface area (Å²) in [4.78, 5) is 12.7. The quantitative estimate of drug-likeness (QED) is 0.734. The van der Waals surface area contributed by atoms with Gasteiger partial charge in [0.2, 0.25) is 0 Å². The molecule has 0 aromatic rings. The summed E-state index contributed by atoms with van der Waals surface area (Å²) in [7, 11) is 0. The minimum Gasteiger partial charge on any atom is -0.393 e. The van der Waals surface area contributed by atoms with Gasteiger partial charge in [-0.1, -0.05) is 13.8 Å². The van der Waals surface area contributed by atoms with Crippen LogP contribution >= 0.6 is 0 Å². The van der Waals surface area contributed by atoms with E-state index >= 15 is 0 Å². The summed E-state index contributed by atoms with van der Waals surface area (Å²) >= 11 is 0. The van der Waals surface area contributed by atoms with Gasteiger partial charge in [0.15, 0.2) is 0 Å². The van der Waals surface area contributed by atoms with Crippen LogP contribution in [0.2, 0.25) is 0 Å². The molecule has 7 atom stereocenters. The maximum absolute atomic E-state index is 12.7. The molecule has 21 heavy (non-hydrogen) atoms. The molecule has 4 fully saturated rings. The van der Waals surface area contributed by atoms with Gasteiger partial charge in [-0.2, -0.15) is 0 Å². The summed E-state index contributed by atoms with van der Waals surface area (Å²) in [6.07, 6.45) is 5.87. The smallest absolute Gasteiger partial charge is 0.139 e. The highest BCUT2D eigenvalue weighted by Gasteiger charge is 2.60. The van der Waals surface area contributed by atoms with Crippen molar-refractivity contribution in [1.29, 1.82) is 0 Å². The molecule has 0 bridgehead atoms. The molecular formula is C19H30O2. The highest BCUT2D eigenvalue weighted by atomic mass is 16.3. The van der Waals surface area contributed by atoms with Crippen LogP contribution in [0.3, 0.4) is 0 Å². The SMILES string of the molecule is [2H]C1([2H])C[C@H]2[C@@H]3CCC4C[C@H](O)CC[C@]4(C)[C@H]3CC[C@]2(C)C1=O. The second kappa shape index (κ2) is 4.57. The molecule has 0 radical (unpaired) electrons. The van der Waals surface area contributed by atoms with E-state index in [-0.39, 0.29) is 17.8 Å². The molecule has 118 valence electrons. The third kappa shape index (κ3) is 1.84. The number of hydrogen-bond donors (Lipinski definition) is 1. The van der Waals surface area contributed by atoms with Crippen molar-refractivity contribution in [1.82, 2.24) is 0 Å². The molecule has 0 aromatic carbocycles. The first-order chi connectivity index (χ1) is 10.7. The van der Waals surface area contributed by atoms with Crippen LogP contribution in [0.15, 0.2) is 0 Å². The van der Waals surface area contributed by atoms with Gasteiger partial charge < -0.3 is 5.11 Å². The molecule has 0 saturated heterocycles. The number of rotatable bonds is 0. The van der Waals surface area contributed by atoms with Crippen molar-refractivity contribution < 1.29 is 12.6 Å². The predicted octanol–water partition coefficient (Wildman–Crippen LogP) is 3.96. The van der Waals surface area contributed by atoms with Crippen LogP contribution < -0.4 is 0 Å². The van der Waals surface area contributed by atoms with E-state index in [1.54, 1.807) is 0 Å². The lowest BCUT2D eigenvalue weighted by Gasteiger charge is -2.60. The van der Waals surface area contributed by atoms with Crippen LogP contribution in [0.5, 0.6) is 0 Å². The molecule has 0 heterocycles. The Morgan fingerprint density at radius 2 is 1.90 bits per heavy atom. The highest BCUT2D eigenvalue weighted by Crippen LogP contribution is 2.65. The molecule has 1 N–H and O–H groups in total. The van der Waals surface area contributed by atoms with Gasteiger partial charge in [0.05, 0.1) is 6.10 Å². The first-order valence-electron chi connectivity index (χ1n) is 9.91. The van der Waals surface area contributed by atoms with E-state index in [4.69, 9.17) is 2.74 Å². The predicted molar refractivity (Wildman–Crippen MR) is 82.7 cm³/mol. The van der Waals surface area contributed by atoms with Gasteiger partial charge in [0.25, 0.3) is 0 Å². The van der Waals surface area contributed by atoms with E-state index in [0.717, 1.165) is 44.9 Å². The van der Waals surface area contributed by atoms with Crippen LogP contribution in [-0.4, -0.2) is 17.0 Å². The van der Waals surface area contributed by atoms with E-state index < -0.39 is 11.8 Å². The molecule has 0 amide bonds. The van der Waals surface area contributed by atoms with Crippen molar-refractivity contribution in [2.24, 2.45) is 34.5 Å². The maximum atomic E-state index is 12.7. The fraction of sp³-hybridized carbons (Fsp3) is 0.947. The van der Waals surface area contributed by atoms with Crippen LogP contribution in [0, 0.1) is 34.5 Å². The Kier molecular flexibility index (Phi) is 2.63. The van der Waals surface area contributed by atoms with Crippen molar-refractivity contribution in [2.45, 2.75) is 77.7 Å². The van der Waals surface area contributed by atoms with Gasteiger partial charge >= 0.3 is 0 Å². The average Bonchev–Trinajstić information content (AvgIpc) is 2.68. The fourth-order valence-corrected chi connectivity index (χ4v) is 6.62. The number of carbonyl (C=O) groups excluding carboxylic acids is 1. The second-order valence-electron chi connectivity index (χ2n) is 8.75. The van der Waals surface area contributed by atoms with Crippen LogP contribution in [0.1, 0.15) is 74.3 Å². The molecule has 4 saturated carbocycles. The zero-order valence-corrected chi connectivity index (χ0v) is 13.4. The molecule has 0 aromatic heterocycles.